The van der Waals surface area contributed by atoms with Crippen molar-refractivity contribution in [3.05, 3.63) is 24.0 Å². The van der Waals surface area contributed by atoms with Gasteiger partial charge in [0.15, 0.2) is 0 Å². The van der Waals surface area contributed by atoms with Crippen molar-refractivity contribution in [2.75, 3.05) is 18.5 Å². The monoisotopic (exact) mass is 238 g/mol. The predicted octanol–water partition coefficient (Wildman–Crippen LogP) is 1.83. The lowest BCUT2D eigenvalue weighted by Gasteiger charge is -2.05. The van der Waals surface area contributed by atoms with E-state index in [1.165, 1.54) is 12.3 Å². The van der Waals surface area contributed by atoms with Crippen molar-refractivity contribution in [2.24, 2.45) is 0 Å². The Hall–Kier alpha value is -2.11. The van der Waals surface area contributed by atoms with Gasteiger partial charge in [-0.15, -0.1) is 0 Å². The highest BCUT2D eigenvalue weighted by Crippen LogP contribution is 2.07. The van der Waals surface area contributed by atoms with Crippen molar-refractivity contribution in [1.82, 2.24) is 4.98 Å². The van der Waals surface area contributed by atoms with Gasteiger partial charge >= 0.3 is 12.1 Å². The van der Waals surface area contributed by atoms with Crippen LogP contribution in [0.3, 0.4) is 0 Å². The van der Waals surface area contributed by atoms with Gasteiger partial charge in [-0.3, -0.25) is 5.32 Å². The van der Waals surface area contributed by atoms with Crippen LogP contribution in [-0.2, 0) is 9.47 Å². The number of nitrogens with one attached hydrogen (secondary N) is 1. The first-order valence-corrected chi connectivity index (χ1v) is 5.24. The summed E-state index contributed by atoms with van der Waals surface area (Å²) in [6.45, 7) is 4.01. The zero-order valence-electron chi connectivity index (χ0n) is 9.73. The van der Waals surface area contributed by atoms with E-state index in [9.17, 15) is 9.59 Å². The molecule has 0 fully saturated rings. The minimum atomic E-state index is -0.557. The first-order valence-electron chi connectivity index (χ1n) is 5.24. The number of carbonyl (C=O) groups excluding carboxylic acids is 2. The van der Waals surface area contributed by atoms with E-state index < -0.39 is 12.1 Å². The minimum Gasteiger partial charge on any atom is -0.461 e. The molecule has 0 unspecified atom stereocenters. The van der Waals surface area contributed by atoms with Crippen LogP contribution in [0.4, 0.5) is 10.5 Å². The lowest BCUT2D eigenvalue weighted by Crippen LogP contribution is -2.14. The van der Waals surface area contributed by atoms with E-state index in [-0.39, 0.29) is 5.69 Å². The molecule has 6 nitrogen and oxygen atoms in total. The van der Waals surface area contributed by atoms with E-state index in [2.05, 4.69) is 10.3 Å². The summed E-state index contributed by atoms with van der Waals surface area (Å²) in [4.78, 5) is 26.2. The Morgan fingerprint density at radius 3 is 2.47 bits per heavy atom. The highest BCUT2D eigenvalue weighted by Gasteiger charge is 2.08. The molecule has 0 aromatic carbocycles. The second kappa shape index (κ2) is 6.47. The van der Waals surface area contributed by atoms with Crippen LogP contribution in [0.5, 0.6) is 0 Å². The number of ether oxygens (including phenoxy) is 2. The fourth-order valence-corrected chi connectivity index (χ4v) is 1.08. The molecule has 0 bridgehead atoms. The van der Waals surface area contributed by atoms with E-state index in [0.717, 1.165) is 0 Å². The third-order valence-electron chi connectivity index (χ3n) is 1.77. The van der Waals surface area contributed by atoms with Crippen molar-refractivity contribution in [1.29, 1.82) is 0 Å². The second-order valence-electron chi connectivity index (χ2n) is 3.00. The average Bonchev–Trinajstić information content (AvgIpc) is 2.30. The van der Waals surface area contributed by atoms with E-state index in [1.807, 2.05) is 0 Å². The molecule has 0 spiro atoms. The molecule has 0 aliphatic carbocycles. The molecule has 1 N–H and O–H groups in total. The molecule has 1 amide bonds. The topological polar surface area (TPSA) is 77.5 Å². The number of pyridine rings is 1. The smallest absolute Gasteiger partial charge is 0.411 e. The van der Waals surface area contributed by atoms with E-state index in [1.54, 1.807) is 19.9 Å². The predicted molar refractivity (Wildman–Crippen MR) is 60.8 cm³/mol. The third-order valence-corrected chi connectivity index (χ3v) is 1.77. The number of esters is 1. The quantitative estimate of drug-likeness (QED) is 0.809. The zero-order chi connectivity index (χ0) is 12.7. The van der Waals surface area contributed by atoms with Gasteiger partial charge in [-0.2, -0.15) is 0 Å². The first-order chi connectivity index (χ1) is 8.17. The average molecular weight is 238 g/mol. The summed E-state index contributed by atoms with van der Waals surface area (Å²) >= 11 is 0. The zero-order valence-corrected chi connectivity index (χ0v) is 9.73. The molecule has 0 aliphatic heterocycles. The summed E-state index contributed by atoms with van der Waals surface area (Å²) in [5, 5.41) is 2.47. The van der Waals surface area contributed by atoms with Crippen LogP contribution in [0.2, 0.25) is 0 Å². The van der Waals surface area contributed by atoms with Crippen molar-refractivity contribution < 1.29 is 19.1 Å². The number of aromatic nitrogens is 1. The van der Waals surface area contributed by atoms with Crippen molar-refractivity contribution in [3.63, 3.8) is 0 Å². The molecule has 6 heteroatoms. The Morgan fingerprint density at radius 2 is 1.94 bits per heavy atom. The van der Waals surface area contributed by atoms with E-state index in [0.29, 0.717) is 18.9 Å². The number of nitrogens with zero attached hydrogens (tertiary/aromatic N) is 1. The van der Waals surface area contributed by atoms with Crippen molar-refractivity contribution in [3.8, 4) is 0 Å². The van der Waals surface area contributed by atoms with E-state index in [4.69, 9.17) is 9.47 Å². The van der Waals surface area contributed by atoms with Crippen LogP contribution in [0.25, 0.3) is 0 Å². The highest BCUT2D eigenvalue weighted by molar-refractivity contribution is 5.88. The lowest BCUT2D eigenvalue weighted by molar-refractivity contribution is 0.0519. The third kappa shape index (κ3) is 4.10. The maximum Gasteiger partial charge on any atom is 0.411 e. The number of rotatable bonds is 4. The van der Waals surface area contributed by atoms with Gasteiger partial charge in [0.2, 0.25) is 0 Å². The summed E-state index contributed by atoms with van der Waals surface area (Å²) in [5.74, 6) is -0.491. The van der Waals surface area contributed by atoms with Crippen LogP contribution >= 0.6 is 0 Å². The molecular formula is C11H14N2O4. The summed E-state index contributed by atoms with van der Waals surface area (Å²) < 4.78 is 9.47. The van der Waals surface area contributed by atoms with Crippen molar-refractivity contribution in [2.45, 2.75) is 13.8 Å². The van der Waals surface area contributed by atoms with E-state index >= 15 is 0 Å². The van der Waals surface area contributed by atoms with Crippen LogP contribution < -0.4 is 5.32 Å². The molecule has 17 heavy (non-hydrogen) atoms. The Balaban J connectivity index is 2.61. The largest absolute Gasteiger partial charge is 0.461 e. The van der Waals surface area contributed by atoms with Gasteiger partial charge in [-0.25, -0.2) is 14.6 Å². The van der Waals surface area contributed by atoms with Gasteiger partial charge in [0.1, 0.15) is 5.69 Å². The molecule has 1 aromatic rings. The number of amides is 1. The molecular weight excluding hydrogens is 224 g/mol. The van der Waals surface area contributed by atoms with Crippen LogP contribution in [-0.4, -0.2) is 30.3 Å². The van der Waals surface area contributed by atoms with Gasteiger partial charge in [-0.05, 0) is 26.0 Å². The fourth-order valence-electron chi connectivity index (χ4n) is 1.08. The van der Waals surface area contributed by atoms with Gasteiger partial charge < -0.3 is 9.47 Å². The Kier molecular flexibility index (Phi) is 4.93. The minimum absolute atomic E-state index is 0.196. The number of anilines is 1. The molecule has 1 aromatic heterocycles. The summed E-state index contributed by atoms with van der Waals surface area (Å²) in [6, 6.07) is 3.02. The van der Waals surface area contributed by atoms with Gasteiger partial charge in [0.25, 0.3) is 0 Å². The Morgan fingerprint density at radius 1 is 1.24 bits per heavy atom. The SMILES string of the molecule is CCOC(=O)Nc1ccc(C(=O)OCC)nc1. The summed E-state index contributed by atoms with van der Waals surface area (Å²) in [7, 11) is 0. The molecule has 1 heterocycles. The summed E-state index contributed by atoms with van der Waals surface area (Å²) in [6.07, 6.45) is 0.807. The normalized spacial score (nSPS) is 9.53. The van der Waals surface area contributed by atoms with Crippen molar-refractivity contribution >= 4 is 17.7 Å². The maximum absolute atomic E-state index is 11.3. The highest BCUT2D eigenvalue weighted by atomic mass is 16.5. The Bertz CT molecular complexity index is 389. The van der Waals surface area contributed by atoms with Gasteiger partial charge in [0.05, 0.1) is 25.1 Å². The number of hydrogen-bond donors (Lipinski definition) is 1. The molecule has 0 aliphatic rings. The standard InChI is InChI=1S/C11H14N2O4/c1-3-16-10(14)9-6-5-8(7-12-9)13-11(15)17-4-2/h5-7H,3-4H2,1-2H3,(H,13,15). The lowest BCUT2D eigenvalue weighted by atomic mass is 10.3. The van der Waals surface area contributed by atoms with Crippen LogP contribution in [0.1, 0.15) is 24.3 Å². The molecule has 92 valence electrons. The van der Waals surface area contributed by atoms with Gasteiger partial charge in [0, 0.05) is 0 Å². The molecule has 1 rings (SSSR count). The second-order valence-corrected chi connectivity index (χ2v) is 3.00. The number of carbonyl (C=O) groups is 2. The summed E-state index contributed by atoms with van der Waals surface area (Å²) in [5.41, 5.74) is 0.651. The van der Waals surface area contributed by atoms with Crippen LogP contribution in [0.15, 0.2) is 18.3 Å². The van der Waals surface area contributed by atoms with Gasteiger partial charge in [-0.1, -0.05) is 0 Å². The molecule has 0 saturated carbocycles. The molecule has 0 atom stereocenters. The van der Waals surface area contributed by atoms with Crippen LogP contribution in [0, 0.1) is 0 Å². The number of hydrogen-bond acceptors (Lipinski definition) is 5. The molecule has 0 saturated heterocycles. The Labute approximate surface area is 98.9 Å². The maximum atomic E-state index is 11.3. The molecule has 0 radical (unpaired) electrons. The fraction of sp³-hybridized carbons (Fsp3) is 0.364. The first kappa shape index (κ1) is 13.0.